The monoisotopic (exact) mass is 281 g/mol. The smallest absolute Gasteiger partial charge is 0.123 e. The number of ether oxygens (including phenoxy) is 1. The molecule has 2 rings (SSSR count). The first kappa shape index (κ1) is 13.2. The Balaban J connectivity index is 2.47. The predicted molar refractivity (Wildman–Crippen MR) is 76.3 cm³/mol. The van der Waals surface area contributed by atoms with E-state index in [1.807, 2.05) is 30.3 Å². The fourth-order valence-corrected chi connectivity index (χ4v) is 2.09. The molecule has 2 N–H and O–H groups in total. The Morgan fingerprint density at radius 3 is 2.28 bits per heavy atom. The number of halogens is 2. The summed E-state index contributed by atoms with van der Waals surface area (Å²) in [6.45, 7) is 0.429. The molecule has 0 aliphatic rings. The lowest BCUT2D eigenvalue weighted by Gasteiger charge is -2.10. The molecule has 0 amide bonds. The van der Waals surface area contributed by atoms with Crippen LogP contribution in [0.1, 0.15) is 5.56 Å². The molecule has 0 saturated heterocycles. The Kier molecular flexibility index (Phi) is 4.12. The van der Waals surface area contributed by atoms with Gasteiger partial charge in [-0.1, -0.05) is 35.3 Å². The van der Waals surface area contributed by atoms with Gasteiger partial charge in [-0.05, 0) is 35.4 Å². The maximum absolute atomic E-state index is 6.01. The third-order valence-electron chi connectivity index (χ3n) is 2.75. The first-order valence-electron chi connectivity index (χ1n) is 5.48. The lowest BCUT2D eigenvalue weighted by molar-refractivity contribution is 0.410. The zero-order valence-corrected chi connectivity index (χ0v) is 11.4. The first-order valence-corrected chi connectivity index (χ1v) is 6.23. The van der Waals surface area contributed by atoms with Crippen molar-refractivity contribution in [2.24, 2.45) is 5.73 Å². The van der Waals surface area contributed by atoms with E-state index in [2.05, 4.69) is 0 Å². The standard InChI is InChI=1S/C14H13Cl2NO/c1-18-14-5-3-9(6-11(14)8-17)10-2-4-12(15)13(16)7-10/h2-7H,8,17H2,1H3. The molecule has 0 aromatic heterocycles. The fourth-order valence-electron chi connectivity index (χ4n) is 1.79. The molecule has 0 aliphatic heterocycles. The van der Waals surface area contributed by atoms with Gasteiger partial charge in [-0.25, -0.2) is 0 Å². The topological polar surface area (TPSA) is 35.2 Å². The summed E-state index contributed by atoms with van der Waals surface area (Å²) in [6, 6.07) is 11.4. The molecule has 0 heterocycles. The maximum atomic E-state index is 6.01. The molecule has 0 radical (unpaired) electrons. The predicted octanol–water partition coefficient (Wildman–Crippen LogP) is 4.13. The van der Waals surface area contributed by atoms with E-state index in [0.29, 0.717) is 16.6 Å². The molecule has 0 bridgehead atoms. The van der Waals surface area contributed by atoms with Crippen LogP contribution in [0.25, 0.3) is 11.1 Å². The summed E-state index contributed by atoms with van der Waals surface area (Å²) in [5, 5.41) is 1.09. The summed E-state index contributed by atoms with van der Waals surface area (Å²) in [7, 11) is 1.63. The van der Waals surface area contributed by atoms with Crippen molar-refractivity contribution in [2.75, 3.05) is 7.11 Å². The SMILES string of the molecule is COc1ccc(-c2ccc(Cl)c(Cl)c2)cc1CN. The van der Waals surface area contributed by atoms with Crippen LogP contribution in [0, 0.1) is 0 Å². The third-order valence-corrected chi connectivity index (χ3v) is 3.49. The first-order chi connectivity index (χ1) is 8.65. The van der Waals surface area contributed by atoms with Crippen LogP contribution in [0.4, 0.5) is 0 Å². The van der Waals surface area contributed by atoms with Crippen molar-refractivity contribution in [2.45, 2.75) is 6.54 Å². The molecule has 4 heteroatoms. The highest BCUT2D eigenvalue weighted by Crippen LogP contribution is 2.31. The lowest BCUT2D eigenvalue weighted by Crippen LogP contribution is -2.00. The molecule has 0 unspecified atom stereocenters. The van der Waals surface area contributed by atoms with Crippen molar-refractivity contribution in [3.63, 3.8) is 0 Å². The normalized spacial score (nSPS) is 10.4. The molecule has 0 saturated carbocycles. The van der Waals surface area contributed by atoms with Gasteiger partial charge in [0.25, 0.3) is 0 Å². The highest BCUT2D eigenvalue weighted by Gasteiger charge is 2.06. The Hall–Kier alpha value is -1.22. The highest BCUT2D eigenvalue weighted by atomic mass is 35.5. The molecular weight excluding hydrogens is 269 g/mol. The van der Waals surface area contributed by atoms with Gasteiger partial charge in [0.05, 0.1) is 17.2 Å². The van der Waals surface area contributed by atoms with Crippen molar-refractivity contribution < 1.29 is 4.74 Å². The minimum atomic E-state index is 0.429. The van der Waals surface area contributed by atoms with Crippen LogP contribution in [-0.2, 0) is 6.54 Å². The van der Waals surface area contributed by atoms with Gasteiger partial charge in [0.1, 0.15) is 5.75 Å². The van der Waals surface area contributed by atoms with E-state index in [1.165, 1.54) is 0 Å². The number of hydrogen-bond donors (Lipinski definition) is 1. The van der Waals surface area contributed by atoms with Gasteiger partial charge < -0.3 is 10.5 Å². The second-order valence-electron chi connectivity index (χ2n) is 3.86. The summed E-state index contributed by atoms with van der Waals surface area (Å²) >= 11 is 11.9. The highest BCUT2D eigenvalue weighted by molar-refractivity contribution is 6.42. The molecule has 2 nitrogen and oxygen atoms in total. The number of hydrogen-bond acceptors (Lipinski definition) is 2. The minimum Gasteiger partial charge on any atom is -0.496 e. The Bertz CT molecular complexity index is 570. The quantitative estimate of drug-likeness (QED) is 0.918. The number of rotatable bonds is 3. The van der Waals surface area contributed by atoms with E-state index < -0.39 is 0 Å². The Labute approximate surface area is 116 Å². The largest absolute Gasteiger partial charge is 0.496 e. The van der Waals surface area contributed by atoms with Crippen LogP contribution < -0.4 is 10.5 Å². The summed E-state index contributed by atoms with van der Waals surface area (Å²) < 4.78 is 5.24. The Morgan fingerprint density at radius 2 is 1.67 bits per heavy atom. The van der Waals surface area contributed by atoms with Gasteiger partial charge in [-0.3, -0.25) is 0 Å². The molecule has 94 valence electrons. The average Bonchev–Trinajstić information content (AvgIpc) is 2.41. The molecule has 2 aromatic carbocycles. The fraction of sp³-hybridized carbons (Fsp3) is 0.143. The molecule has 0 aliphatic carbocycles. The van der Waals surface area contributed by atoms with Crippen molar-refractivity contribution in [1.82, 2.24) is 0 Å². The van der Waals surface area contributed by atoms with Crippen molar-refractivity contribution in [3.05, 3.63) is 52.0 Å². The maximum Gasteiger partial charge on any atom is 0.123 e. The van der Waals surface area contributed by atoms with E-state index in [-0.39, 0.29) is 0 Å². The van der Waals surface area contributed by atoms with Crippen molar-refractivity contribution in [3.8, 4) is 16.9 Å². The van der Waals surface area contributed by atoms with E-state index in [1.54, 1.807) is 13.2 Å². The zero-order valence-electron chi connectivity index (χ0n) is 9.91. The number of methoxy groups -OCH3 is 1. The van der Waals surface area contributed by atoms with E-state index in [9.17, 15) is 0 Å². The van der Waals surface area contributed by atoms with Gasteiger partial charge in [0, 0.05) is 12.1 Å². The van der Waals surface area contributed by atoms with Crippen LogP contribution in [0.3, 0.4) is 0 Å². The zero-order chi connectivity index (χ0) is 13.1. The number of nitrogens with two attached hydrogens (primary N) is 1. The minimum absolute atomic E-state index is 0.429. The summed E-state index contributed by atoms with van der Waals surface area (Å²) in [6.07, 6.45) is 0. The molecular formula is C14H13Cl2NO. The second kappa shape index (κ2) is 5.61. The van der Waals surface area contributed by atoms with Crippen molar-refractivity contribution in [1.29, 1.82) is 0 Å². The van der Waals surface area contributed by atoms with Gasteiger partial charge in [-0.2, -0.15) is 0 Å². The third kappa shape index (κ3) is 2.61. The summed E-state index contributed by atoms with van der Waals surface area (Å²) in [5.41, 5.74) is 8.70. The molecule has 0 spiro atoms. The Morgan fingerprint density at radius 1 is 1.00 bits per heavy atom. The summed E-state index contributed by atoms with van der Waals surface area (Å²) in [5.74, 6) is 0.793. The van der Waals surface area contributed by atoms with Crippen LogP contribution in [-0.4, -0.2) is 7.11 Å². The van der Waals surface area contributed by atoms with Gasteiger partial charge in [0.2, 0.25) is 0 Å². The molecule has 18 heavy (non-hydrogen) atoms. The van der Waals surface area contributed by atoms with Crippen LogP contribution in [0.15, 0.2) is 36.4 Å². The van der Waals surface area contributed by atoms with E-state index >= 15 is 0 Å². The van der Waals surface area contributed by atoms with E-state index in [0.717, 1.165) is 22.4 Å². The van der Waals surface area contributed by atoms with E-state index in [4.69, 9.17) is 33.7 Å². The lowest BCUT2D eigenvalue weighted by atomic mass is 10.0. The molecule has 0 atom stereocenters. The van der Waals surface area contributed by atoms with Gasteiger partial charge >= 0.3 is 0 Å². The van der Waals surface area contributed by atoms with Crippen molar-refractivity contribution >= 4 is 23.2 Å². The number of benzene rings is 2. The molecule has 0 fully saturated rings. The van der Waals surface area contributed by atoms with Gasteiger partial charge in [-0.15, -0.1) is 0 Å². The van der Waals surface area contributed by atoms with Crippen LogP contribution in [0.5, 0.6) is 5.75 Å². The molecule has 2 aromatic rings. The van der Waals surface area contributed by atoms with Crippen LogP contribution >= 0.6 is 23.2 Å². The van der Waals surface area contributed by atoms with Crippen LogP contribution in [0.2, 0.25) is 10.0 Å². The average molecular weight is 282 g/mol. The van der Waals surface area contributed by atoms with Gasteiger partial charge in [0.15, 0.2) is 0 Å². The second-order valence-corrected chi connectivity index (χ2v) is 4.67. The summed E-state index contributed by atoms with van der Waals surface area (Å²) in [4.78, 5) is 0.